The summed E-state index contributed by atoms with van der Waals surface area (Å²) in [4.78, 5) is 4.81. The van der Waals surface area contributed by atoms with Crippen molar-refractivity contribution in [1.82, 2.24) is 4.98 Å². The molecular formula is C36H29BFNO. The summed E-state index contributed by atoms with van der Waals surface area (Å²) < 4.78 is 22.6. The van der Waals surface area contributed by atoms with Crippen molar-refractivity contribution in [2.75, 3.05) is 0 Å². The van der Waals surface area contributed by atoms with Crippen LogP contribution in [-0.4, -0.2) is 12.8 Å². The first-order valence-electron chi connectivity index (χ1n) is 13.8. The smallest absolute Gasteiger partial charge is 0.146 e. The molecule has 7 aromatic rings. The van der Waals surface area contributed by atoms with Crippen molar-refractivity contribution in [3.05, 3.63) is 109 Å². The van der Waals surface area contributed by atoms with Gasteiger partial charge in [0.05, 0.1) is 11.3 Å². The molecule has 0 spiro atoms. The number of aromatic nitrogens is 1. The van der Waals surface area contributed by atoms with E-state index in [0.29, 0.717) is 11.1 Å². The van der Waals surface area contributed by atoms with Gasteiger partial charge in [0.1, 0.15) is 24.8 Å². The van der Waals surface area contributed by atoms with Gasteiger partial charge in [0, 0.05) is 22.5 Å². The van der Waals surface area contributed by atoms with Gasteiger partial charge >= 0.3 is 0 Å². The van der Waals surface area contributed by atoms with Crippen molar-refractivity contribution >= 4 is 56.8 Å². The highest BCUT2D eigenvalue weighted by Crippen LogP contribution is 2.43. The lowest BCUT2D eigenvalue weighted by molar-refractivity contribution is 0.411. The fourth-order valence-electron chi connectivity index (χ4n) is 6.21. The third kappa shape index (κ3) is 3.90. The van der Waals surface area contributed by atoms with E-state index in [9.17, 15) is 0 Å². The average Bonchev–Trinajstić information content (AvgIpc) is 3.33. The van der Waals surface area contributed by atoms with Gasteiger partial charge in [-0.3, -0.25) is 4.98 Å². The van der Waals surface area contributed by atoms with Gasteiger partial charge in [0.2, 0.25) is 0 Å². The number of para-hydroxylation sites is 1. The number of nitrogens with zero attached hydrogens (tertiary/aromatic N) is 1. The molecule has 7 rings (SSSR count). The molecule has 0 aliphatic rings. The molecule has 40 heavy (non-hydrogen) atoms. The molecule has 0 bridgehead atoms. The number of benzene rings is 5. The summed E-state index contributed by atoms with van der Waals surface area (Å²) >= 11 is 0. The zero-order valence-electron chi connectivity index (χ0n) is 23.2. The largest absolute Gasteiger partial charge is 0.455 e. The minimum absolute atomic E-state index is 0.188. The van der Waals surface area contributed by atoms with Crippen LogP contribution in [0.15, 0.2) is 102 Å². The first-order valence-corrected chi connectivity index (χ1v) is 13.8. The van der Waals surface area contributed by atoms with Crippen LogP contribution in [0.4, 0.5) is 4.39 Å². The van der Waals surface area contributed by atoms with E-state index in [2.05, 4.69) is 71.1 Å². The second-order valence-corrected chi connectivity index (χ2v) is 12.0. The molecule has 0 aliphatic carbocycles. The fourth-order valence-corrected chi connectivity index (χ4v) is 6.21. The molecule has 194 valence electrons. The van der Waals surface area contributed by atoms with Gasteiger partial charge in [-0.15, -0.1) is 0 Å². The van der Waals surface area contributed by atoms with E-state index in [1.165, 1.54) is 10.9 Å². The normalized spacial score (nSPS) is 12.2. The Labute approximate surface area is 233 Å². The maximum atomic E-state index is 16.0. The highest BCUT2D eigenvalue weighted by molar-refractivity contribution is 6.46. The van der Waals surface area contributed by atoms with Crippen LogP contribution in [0.5, 0.6) is 0 Å². The summed E-state index contributed by atoms with van der Waals surface area (Å²) in [5, 5.41) is 6.25. The van der Waals surface area contributed by atoms with Crippen LogP contribution in [-0.2, 0) is 6.42 Å². The Balaban J connectivity index is 1.50. The number of hydrogen-bond acceptors (Lipinski definition) is 2. The van der Waals surface area contributed by atoms with Gasteiger partial charge in [-0.25, -0.2) is 4.39 Å². The molecule has 5 aromatic carbocycles. The zero-order valence-corrected chi connectivity index (χ0v) is 23.2. The van der Waals surface area contributed by atoms with Crippen molar-refractivity contribution in [1.29, 1.82) is 0 Å². The fraction of sp³-hybridized carbons (Fsp3) is 0.139. The molecule has 0 unspecified atom stereocenters. The standard InChI is InChI=1S/C36H29BFNO/c1-36(2,3)19-21-15-18-30(39-20-21)28-14-8-13-26-27-16-17-29(38)32(35(27)40-34(26)28)31-24-11-6-4-9-22(24)23-10-5-7-12-25(23)33(31)37/h4-18,20H,19,37H2,1-3H3. The van der Waals surface area contributed by atoms with Gasteiger partial charge in [-0.2, -0.15) is 0 Å². The van der Waals surface area contributed by atoms with E-state index in [0.717, 1.165) is 61.2 Å². The van der Waals surface area contributed by atoms with Gasteiger partial charge < -0.3 is 4.42 Å². The van der Waals surface area contributed by atoms with E-state index in [4.69, 9.17) is 9.40 Å². The first kappa shape index (κ1) is 24.6. The van der Waals surface area contributed by atoms with Crippen LogP contribution in [0.25, 0.3) is 65.9 Å². The molecule has 0 amide bonds. The predicted octanol–water partition coefficient (Wildman–Crippen LogP) is 8.61. The van der Waals surface area contributed by atoms with Crippen molar-refractivity contribution in [3.8, 4) is 22.4 Å². The van der Waals surface area contributed by atoms with Crippen LogP contribution in [0.1, 0.15) is 26.3 Å². The summed E-state index contributed by atoms with van der Waals surface area (Å²) in [5.74, 6) is -0.290. The molecule has 0 saturated carbocycles. The van der Waals surface area contributed by atoms with Gasteiger partial charge in [0.15, 0.2) is 0 Å². The van der Waals surface area contributed by atoms with Crippen LogP contribution in [0.3, 0.4) is 0 Å². The molecule has 0 atom stereocenters. The molecule has 0 fully saturated rings. The second-order valence-electron chi connectivity index (χ2n) is 12.0. The third-order valence-electron chi connectivity index (χ3n) is 7.89. The Kier molecular flexibility index (Phi) is 5.57. The number of pyridine rings is 1. The molecule has 4 heteroatoms. The Hall–Kier alpha value is -4.44. The molecule has 2 heterocycles. The molecule has 0 saturated heterocycles. The summed E-state index contributed by atoms with van der Waals surface area (Å²) in [6, 6.07) is 30.3. The van der Waals surface area contributed by atoms with Gasteiger partial charge in [-0.05, 0) is 68.8 Å². The number of halogens is 1. The van der Waals surface area contributed by atoms with E-state index in [1.807, 2.05) is 48.7 Å². The number of rotatable bonds is 3. The Morgan fingerprint density at radius 3 is 2.02 bits per heavy atom. The minimum atomic E-state index is -0.290. The zero-order chi connectivity index (χ0) is 27.6. The van der Waals surface area contributed by atoms with E-state index < -0.39 is 0 Å². The summed E-state index contributed by atoms with van der Waals surface area (Å²) in [5.41, 5.74) is 6.86. The molecule has 0 radical (unpaired) electrons. The van der Waals surface area contributed by atoms with Crippen LogP contribution >= 0.6 is 0 Å². The lowest BCUT2D eigenvalue weighted by atomic mass is 9.79. The van der Waals surface area contributed by atoms with E-state index in [1.54, 1.807) is 6.07 Å². The first-order chi connectivity index (χ1) is 19.3. The number of hydrogen-bond donors (Lipinski definition) is 0. The SMILES string of the molecule is Bc1c(-c2c(F)ccc3c2oc2c(-c4ccc(CC(C)(C)C)cn4)cccc23)c2ccccc2c2ccccc12. The topological polar surface area (TPSA) is 26.0 Å². The minimum Gasteiger partial charge on any atom is -0.455 e. The lowest BCUT2D eigenvalue weighted by Gasteiger charge is -2.17. The van der Waals surface area contributed by atoms with Crippen molar-refractivity contribution < 1.29 is 8.81 Å². The van der Waals surface area contributed by atoms with Crippen LogP contribution < -0.4 is 5.46 Å². The van der Waals surface area contributed by atoms with Crippen LogP contribution in [0.2, 0.25) is 0 Å². The maximum Gasteiger partial charge on any atom is 0.146 e. The van der Waals surface area contributed by atoms with Gasteiger partial charge in [-0.1, -0.05) is 93.0 Å². The molecule has 0 N–H and O–H groups in total. The highest BCUT2D eigenvalue weighted by atomic mass is 19.1. The predicted molar refractivity (Wildman–Crippen MR) is 169 cm³/mol. The third-order valence-corrected chi connectivity index (χ3v) is 7.89. The van der Waals surface area contributed by atoms with Crippen molar-refractivity contribution in [2.24, 2.45) is 5.41 Å². The lowest BCUT2D eigenvalue weighted by Crippen LogP contribution is -2.10. The second kappa shape index (κ2) is 9.06. The molecule has 2 nitrogen and oxygen atoms in total. The highest BCUT2D eigenvalue weighted by Gasteiger charge is 2.23. The quantitative estimate of drug-likeness (QED) is 0.172. The number of furan rings is 1. The Morgan fingerprint density at radius 2 is 1.32 bits per heavy atom. The van der Waals surface area contributed by atoms with E-state index in [-0.39, 0.29) is 11.2 Å². The number of fused-ring (bicyclic) bond motifs is 6. The Morgan fingerprint density at radius 1 is 0.675 bits per heavy atom. The molecule has 2 aromatic heterocycles. The summed E-state index contributed by atoms with van der Waals surface area (Å²) in [7, 11) is 2.08. The summed E-state index contributed by atoms with van der Waals surface area (Å²) in [6.07, 6.45) is 2.91. The average molecular weight is 521 g/mol. The van der Waals surface area contributed by atoms with Gasteiger partial charge in [0.25, 0.3) is 0 Å². The Bertz CT molecular complexity index is 2080. The van der Waals surface area contributed by atoms with Crippen LogP contribution in [0, 0.1) is 11.2 Å². The van der Waals surface area contributed by atoms with E-state index >= 15 is 4.39 Å². The van der Waals surface area contributed by atoms with Crippen molar-refractivity contribution in [2.45, 2.75) is 27.2 Å². The maximum absolute atomic E-state index is 16.0. The van der Waals surface area contributed by atoms with Crippen molar-refractivity contribution in [3.63, 3.8) is 0 Å². The summed E-state index contributed by atoms with van der Waals surface area (Å²) in [6.45, 7) is 6.69. The molecular weight excluding hydrogens is 492 g/mol. The monoisotopic (exact) mass is 521 g/mol. The molecule has 0 aliphatic heterocycles.